The van der Waals surface area contributed by atoms with Crippen LogP contribution < -0.4 is 5.48 Å². The van der Waals surface area contributed by atoms with Gasteiger partial charge in [-0.1, -0.05) is 18.6 Å². The second-order valence-electron chi connectivity index (χ2n) is 3.51. The van der Waals surface area contributed by atoms with Gasteiger partial charge in [0.25, 0.3) is 0 Å². The first kappa shape index (κ1) is 9.26. The molecule has 0 saturated heterocycles. The van der Waals surface area contributed by atoms with E-state index in [4.69, 9.17) is 5.21 Å². The smallest absolute Gasteiger partial charge is 0.243 e. The molecule has 1 amide bonds. The van der Waals surface area contributed by atoms with Crippen molar-refractivity contribution in [1.82, 2.24) is 5.48 Å². The SMILES string of the molecule is CC1=CC[C@@H](C)[C@@H]1CC(=O)NO. The van der Waals surface area contributed by atoms with Crippen LogP contribution in [0.4, 0.5) is 0 Å². The van der Waals surface area contributed by atoms with Crippen LogP contribution in [0.5, 0.6) is 0 Å². The molecule has 3 nitrogen and oxygen atoms in total. The normalized spacial score (nSPS) is 28.4. The van der Waals surface area contributed by atoms with Gasteiger partial charge >= 0.3 is 0 Å². The fourth-order valence-electron chi connectivity index (χ4n) is 1.74. The molecule has 0 radical (unpaired) electrons. The molecule has 2 N–H and O–H groups in total. The molecular weight excluding hydrogens is 154 g/mol. The zero-order valence-electron chi connectivity index (χ0n) is 7.50. The van der Waals surface area contributed by atoms with E-state index >= 15 is 0 Å². The van der Waals surface area contributed by atoms with Gasteiger partial charge in [-0.2, -0.15) is 0 Å². The number of allylic oxidation sites excluding steroid dienone is 2. The molecule has 0 unspecified atom stereocenters. The average molecular weight is 169 g/mol. The summed E-state index contributed by atoms with van der Waals surface area (Å²) in [4.78, 5) is 10.9. The molecule has 0 aromatic heterocycles. The lowest BCUT2D eigenvalue weighted by molar-refractivity contribution is -0.130. The first-order valence-electron chi connectivity index (χ1n) is 4.24. The van der Waals surface area contributed by atoms with Crippen molar-refractivity contribution in [3.05, 3.63) is 11.6 Å². The van der Waals surface area contributed by atoms with Crippen LogP contribution in [0, 0.1) is 11.8 Å². The number of carbonyl (C=O) groups excluding carboxylic acids is 1. The van der Waals surface area contributed by atoms with Crippen molar-refractivity contribution in [1.29, 1.82) is 0 Å². The van der Waals surface area contributed by atoms with E-state index in [0.29, 0.717) is 18.3 Å². The standard InChI is InChI=1S/C9H15NO2/c1-6-3-4-7(2)8(6)5-9(11)10-12/h3,7-8,12H,4-5H2,1-2H3,(H,10,11)/t7-,8-/m1/s1. The number of rotatable bonds is 2. The van der Waals surface area contributed by atoms with Gasteiger partial charge in [0.2, 0.25) is 5.91 Å². The Balaban J connectivity index is 2.51. The van der Waals surface area contributed by atoms with Crippen LogP contribution in [0.1, 0.15) is 26.7 Å². The highest BCUT2D eigenvalue weighted by molar-refractivity contribution is 5.75. The summed E-state index contributed by atoms with van der Waals surface area (Å²) in [6.45, 7) is 4.17. The van der Waals surface area contributed by atoms with Crippen LogP contribution in [0.15, 0.2) is 11.6 Å². The van der Waals surface area contributed by atoms with Gasteiger partial charge in [-0.25, -0.2) is 5.48 Å². The third-order valence-electron chi connectivity index (χ3n) is 2.61. The Bertz CT molecular complexity index is 211. The Kier molecular flexibility index (Phi) is 2.87. The van der Waals surface area contributed by atoms with Crippen LogP contribution in [0.25, 0.3) is 0 Å². The maximum atomic E-state index is 10.9. The van der Waals surface area contributed by atoms with Crippen LogP contribution >= 0.6 is 0 Å². The van der Waals surface area contributed by atoms with Gasteiger partial charge in [0.15, 0.2) is 0 Å². The van der Waals surface area contributed by atoms with Gasteiger partial charge in [-0.05, 0) is 25.2 Å². The molecule has 0 aliphatic heterocycles. The van der Waals surface area contributed by atoms with Crippen molar-refractivity contribution >= 4 is 5.91 Å². The topological polar surface area (TPSA) is 49.3 Å². The van der Waals surface area contributed by atoms with E-state index in [1.54, 1.807) is 5.48 Å². The Morgan fingerprint density at radius 2 is 2.50 bits per heavy atom. The van der Waals surface area contributed by atoms with Gasteiger partial charge in [-0.3, -0.25) is 10.0 Å². The highest BCUT2D eigenvalue weighted by Crippen LogP contribution is 2.33. The molecule has 0 aromatic rings. The van der Waals surface area contributed by atoms with Crippen LogP contribution in [0.2, 0.25) is 0 Å². The third kappa shape index (κ3) is 1.85. The minimum Gasteiger partial charge on any atom is -0.289 e. The highest BCUT2D eigenvalue weighted by atomic mass is 16.5. The lowest BCUT2D eigenvalue weighted by Gasteiger charge is -2.16. The molecule has 2 atom stereocenters. The molecule has 12 heavy (non-hydrogen) atoms. The van der Waals surface area contributed by atoms with Crippen molar-refractivity contribution in [2.45, 2.75) is 26.7 Å². The van der Waals surface area contributed by atoms with E-state index < -0.39 is 0 Å². The summed E-state index contributed by atoms with van der Waals surface area (Å²) < 4.78 is 0. The predicted molar refractivity (Wildman–Crippen MR) is 45.6 cm³/mol. The summed E-state index contributed by atoms with van der Waals surface area (Å²) in [5.74, 6) is 0.556. The number of hydrogen-bond donors (Lipinski definition) is 2. The van der Waals surface area contributed by atoms with Crippen molar-refractivity contribution in [3.8, 4) is 0 Å². The van der Waals surface area contributed by atoms with Gasteiger partial charge in [0.1, 0.15) is 0 Å². The minimum absolute atomic E-state index is 0.290. The first-order valence-corrected chi connectivity index (χ1v) is 4.24. The minimum atomic E-state index is -0.290. The summed E-state index contributed by atoms with van der Waals surface area (Å²) in [5, 5.41) is 8.35. The molecule has 0 spiro atoms. The Morgan fingerprint density at radius 1 is 1.83 bits per heavy atom. The third-order valence-corrected chi connectivity index (χ3v) is 2.61. The lowest BCUT2D eigenvalue weighted by atomic mass is 9.90. The second-order valence-corrected chi connectivity index (χ2v) is 3.51. The molecule has 1 rings (SSSR count). The molecule has 68 valence electrons. The molecule has 1 aliphatic carbocycles. The lowest BCUT2D eigenvalue weighted by Crippen LogP contribution is -2.23. The van der Waals surface area contributed by atoms with Crippen molar-refractivity contribution in [3.63, 3.8) is 0 Å². The van der Waals surface area contributed by atoms with Gasteiger partial charge in [-0.15, -0.1) is 0 Å². The van der Waals surface area contributed by atoms with Crippen molar-refractivity contribution in [2.24, 2.45) is 11.8 Å². The van der Waals surface area contributed by atoms with E-state index in [-0.39, 0.29) is 5.91 Å². The summed E-state index contributed by atoms with van der Waals surface area (Å²) in [7, 11) is 0. The van der Waals surface area contributed by atoms with Crippen LogP contribution in [-0.2, 0) is 4.79 Å². The quantitative estimate of drug-likeness (QED) is 0.374. The number of carbonyl (C=O) groups is 1. The Hall–Kier alpha value is -0.830. The molecule has 0 aromatic carbocycles. The molecule has 0 heterocycles. The zero-order chi connectivity index (χ0) is 9.14. The van der Waals surface area contributed by atoms with Gasteiger partial charge in [0.05, 0.1) is 0 Å². The van der Waals surface area contributed by atoms with Crippen LogP contribution in [0.3, 0.4) is 0 Å². The van der Waals surface area contributed by atoms with Gasteiger partial charge < -0.3 is 0 Å². The highest BCUT2D eigenvalue weighted by Gasteiger charge is 2.25. The van der Waals surface area contributed by atoms with Crippen molar-refractivity contribution < 1.29 is 10.0 Å². The van der Waals surface area contributed by atoms with Crippen molar-refractivity contribution in [2.75, 3.05) is 0 Å². The molecule has 1 aliphatic rings. The number of amides is 1. The maximum absolute atomic E-state index is 10.9. The first-order chi connectivity index (χ1) is 5.65. The molecular formula is C9H15NO2. The van der Waals surface area contributed by atoms with E-state index in [9.17, 15) is 4.79 Å². The maximum Gasteiger partial charge on any atom is 0.243 e. The van der Waals surface area contributed by atoms with E-state index in [1.165, 1.54) is 5.57 Å². The fraction of sp³-hybridized carbons (Fsp3) is 0.667. The van der Waals surface area contributed by atoms with E-state index in [1.807, 2.05) is 6.92 Å². The summed E-state index contributed by atoms with van der Waals surface area (Å²) in [6, 6.07) is 0. The summed E-state index contributed by atoms with van der Waals surface area (Å²) in [6.07, 6.45) is 3.62. The van der Waals surface area contributed by atoms with Crippen LogP contribution in [-0.4, -0.2) is 11.1 Å². The molecule has 0 saturated carbocycles. The zero-order valence-corrected chi connectivity index (χ0v) is 7.50. The largest absolute Gasteiger partial charge is 0.289 e. The molecule has 0 fully saturated rings. The molecule has 3 heteroatoms. The summed E-state index contributed by atoms with van der Waals surface area (Å²) >= 11 is 0. The number of hydroxylamine groups is 1. The average Bonchev–Trinajstić information content (AvgIpc) is 2.35. The number of nitrogens with one attached hydrogen (secondary N) is 1. The van der Waals surface area contributed by atoms with Gasteiger partial charge in [0, 0.05) is 6.42 Å². The Morgan fingerprint density at radius 3 is 2.92 bits per heavy atom. The predicted octanol–water partition coefficient (Wildman–Crippen LogP) is 1.48. The Labute approximate surface area is 72.4 Å². The monoisotopic (exact) mass is 169 g/mol. The molecule has 0 bridgehead atoms. The summed E-state index contributed by atoms with van der Waals surface area (Å²) in [5.41, 5.74) is 2.94. The number of hydrogen-bond acceptors (Lipinski definition) is 2. The fourth-order valence-corrected chi connectivity index (χ4v) is 1.74. The van der Waals surface area contributed by atoms with E-state index in [2.05, 4.69) is 13.0 Å². The second kappa shape index (κ2) is 3.72. The van der Waals surface area contributed by atoms with E-state index in [0.717, 1.165) is 6.42 Å².